The molecule has 0 atom stereocenters. The van der Waals surface area contributed by atoms with E-state index in [4.69, 9.17) is 5.11 Å². The standard InChI is InChI=1S/C14H20N4.CH4O/c1-14(2,3)16-8-7-12-5-4-6-13(17-12)18-10-9-15-11-18;1-2/h4-6,9-11,16H,7-8H2,1-3H3;2H,1H3. The van der Waals surface area contributed by atoms with E-state index in [9.17, 15) is 0 Å². The van der Waals surface area contributed by atoms with E-state index in [1.807, 2.05) is 22.9 Å². The summed E-state index contributed by atoms with van der Waals surface area (Å²) in [6.07, 6.45) is 6.36. The molecule has 2 heterocycles. The van der Waals surface area contributed by atoms with Gasteiger partial charge in [-0.25, -0.2) is 9.97 Å². The third-order valence-electron chi connectivity index (χ3n) is 2.60. The lowest BCUT2D eigenvalue weighted by atomic mass is 10.1. The van der Waals surface area contributed by atoms with Gasteiger partial charge in [-0.1, -0.05) is 6.07 Å². The second kappa shape index (κ2) is 7.77. The summed E-state index contributed by atoms with van der Waals surface area (Å²) in [6.45, 7) is 7.44. The third-order valence-corrected chi connectivity index (χ3v) is 2.60. The number of hydrogen-bond acceptors (Lipinski definition) is 4. The van der Waals surface area contributed by atoms with Gasteiger partial charge in [0.1, 0.15) is 12.1 Å². The van der Waals surface area contributed by atoms with Gasteiger partial charge >= 0.3 is 0 Å². The predicted molar refractivity (Wildman–Crippen MR) is 81.0 cm³/mol. The van der Waals surface area contributed by atoms with E-state index in [2.05, 4.69) is 42.1 Å². The van der Waals surface area contributed by atoms with E-state index in [0.717, 1.165) is 31.6 Å². The Bertz CT molecular complexity index is 489. The molecular formula is C15H24N4O. The van der Waals surface area contributed by atoms with Crippen molar-refractivity contribution in [2.75, 3.05) is 13.7 Å². The van der Waals surface area contributed by atoms with E-state index in [1.165, 1.54) is 0 Å². The second-order valence-electron chi connectivity index (χ2n) is 5.38. The van der Waals surface area contributed by atoms with Crippen LogP contribution in [0.5, 0.6) is 0 Å². The molecule has 0 saturated heterocycles. The van der Waals surface area contributed by atoms with Gasteiger partial charge in [0, 0.05) is 43.7 Å². The molecule has 0 radical (unpaired) electrons. The topological polar surface area (TPSA) is 63.0 Å². The van der Waals surface area contributed by atoms with Crippen molar-refractivity contribution in [1.82, 2.24) is 19.9 Å². The van der Waals surface area contributed by atoms with Crippen molar-refractivity contribution in [3.05, 3.63) is 42.6 Å². The fourth-order valence-electron chi connectivity index (χ4n) is 1.71. The van der Waals surface area contributed by atoms with Crippen LogP contribution in [0.2, 0.25) is 0 Å². The van der Waals surface area contributed by atoms with E-state index in [0.29, 0.717) is 0 Å². The summed E-state index contributed by atoms with van der Waals surface area (Å²) < 4.78 is 1.92. The van der Waals surface area contributed by atoms with E-state index in [-0.39, 0.29) is 5.54 Å². The van der Waals surface area contributed by atoms with Gasteiger partial charge in [0.05, 0.1) is 0 Å². The first-order valence-electron chi connectivity index (χ1n) is 6.69. The molecule has 0 spiro atoms. The van der Waals surface area contributed by atoms with Gasteiger partial charge in [-0.2, -0.15) is 0 Å². The summed E-state index contributed by atoms with van der Waals surface area (Å²) in [5.74, 6) is 0.917. The quantitative estimate of drug-likeness (QED) is 0.894. The smallest absolute Gasteiger partial charge is 0.138 e. The molecule has 20 heavy (non-hydrogen) atoms. The average Bonchev–Trinajstić information content (AvgIpc) is 2.94. The third kappa shape index (κ3) is 5.50. The lowest BCUT2D eigenvalue weighted by molar-refractivity contribution is 0.399. The summed E-state index contributed by atoms with van der Waals surface area (Å²) in [5, 5.41) is 10.5. The zero-order valence-corrected chi connectivity index (χ0v) is 12.7. The number of aliphatic hydroxyl groups is 1. The van der Waals surface area contributed by atoms with Crippen LogP contribution >= 0.6 is 0 Å². The normalized spacial score (nSPS) is 10.8. The fourth-order valence-corrected chi connectivity index (χ4v) is 1.71. The molecule has 0 saturated carbocycles. The Labute approximate surface area is 120 Å². The lowest BCUT2D eigenvalue weighted by Gasteiger charge is -2.20. The predicted octanol–water partition coefficient (Wildman–Crippen LogP) is 1.81. The van der Waals surface area contributed by atoms with Crippen LogP contribution in [0.3, 0.4) is 0 Å². The van der Waals surface area contributed by atoms with Gasteiger partial charge < -0.3 is 10.4 Å². The second-order valence-corrected chi connectivity index (χ2v) is 5.38. The van der Waals surface area contributed by atoms with Gasteiger partial charge in [0.2, 0.25) is 0 Å². The number of aromatic nitrogens is 3. The minimum Gasteiger partial charge on any atom is -0.400 e. The average molecular weight is 276 g/mol. The van der Waals surface area contributed by atoms with E-state index in [1.54, 1.807) is 12.5 Å². The molecule has 0 aromatic carbocycles. The van der Waals surface area contributed by atoms with Crippen molar-refractivity contribution in [2.24, 2.45) is 0 Å². The zero-order chi connectivity index (χ0) is 15.0. The molecule has 0 aliphatic heterocycles. The van der Waals surface area contributed by atoms with Crippen molar-refractivity contribution in [3.63, 3.8) is 0 Å². The maximum Gasteiger partial charge on any atom is 0.138 e. The van der Waals surface area contributed by atoms with Crippen molar-refractivity contribution in [3.8, 4) is 5.82 Å². The van der Waals surface area contributed by atoms with Gasteiger partial charge in [-0.05, 0) is 32.9 Å². The maximum atomic E-state index is 7.00. The Morgan fingerprint density at radius 3 is 2.60 bits per heavy atom. The fraction of sp³-hybridized carbons (Fsp3) is 0.467. The summed E-state index contributed by atoms with van der Waals surface area (Å²) in [6, 6.07) is 6.09. The van der Waals surface area contributed by atoms with Gasteiger partial charge in [0.15, 0.2) is 0 Å². The van der Waals surface area contributed by atoms with Crippen molar-refractivity contribution in [2.45, 2.75) is 32.7 Å². The molecule has 0 bridgehead atoms. The molecule has 2 aromatic heterocycles. The molecule has 0 unspecified atom stereocenters. The molecule has 2 rings (SSSR count). The summed E-state index contributed by atoms with van der Waals surface area (Å²) in [7, 11) is 1.00. The monoisotopic (exact) mass is 276 g/mol. The first-order chi connectivity index (χ1) is 9.54. The van der Waals surface area contributed by atoms with Crippen LogP contribution in [-0.2, 0) is 6.42 Å². The Kier molecular flexibility index (Phi) is 6.35. The Morgan fingerprint density at radius 2 is 2.00 bits per heavy atom. The minimum atomic E-state index is 0.155. The van der Waals surface area contributed by atoms with Crippen molar-refractivity contribution >= 4 is 0 Å². The Hall–Kier alpha value is -1.72. The first kappa shape index (κ1) is 16.3. The van der Waals surface area contributed by atoms with Crippen LogP contribution in [0.4, 0.5) is 0 Å². The van der Waals surface area contributed by atoms with Crippen LogP contribution in [0.15, 0.2) is 36.9 Å². The SMILES string of the molecule is CC(C)(C)NCCc1cccc(-n2ccnc2)n1.CO. The Morgan fingerprint density at radius 1 is 1.25 bits per heavy atom. The highest BCUT2D eigenvalue weighted by Gasteiger charge is 2.08. The number of rotatable bonds is 4. The minimum absolute atomic E-state index is 0.155. The van der Waals surface area contributed by atoms with E-state index >= 15 is 0 Å². The van der Waals surface area contributed by atoms with Crippen LogP contribution in [-0.4, -0.2) is 38.8 Å². The number of aliphatic hydroxyl groups excluding tert-OH is 1. The number of hydrogen-bond donors (Lipinski definition) is 2. The molecule has 5 nitrogen and oxygen atoms in total. The first-order valence-corrected chi connectivity index (χ1v) is 6.69. The molecule has 0 aliphatic carbocycles. The van der Waals surface area contributed by atoms with Crippen molar-refractivity contribution in [1.29, 1.82) is 0 Å². The highest BCUT2D eigenvalue weighted by molar-refractivity contribution is 5.24. The molecule has 5 heteroatoms. The number of nitrogens with zero attached hydrogens (tertiary/aromatic N) is 3. The molecule has 0 amide bonds. The molecule has 0 aliphatic rings. The van der Waals surface area contributed by atoms with Gasteiger partial charge in [0.25, 0.3) is 0 Å². The van der Waals surface area contributed by atoms with Crippen LogP contribution in [0.25, 0.3) is 5.82 Å². The van der Waals surface area contributed by atoms with Crippen LogP contribution < -0.4 is 5.32 Å². The van der Waals surface area contributed by atoms with Crippen LogP contribution in [0, 0.1) is 0 Å². The molecule has 110 valence electrons. The van der Waals surface area contributed by atoms with Crippen molar-refractivity contribution < 1.29 is 5.11 Å². The lowest BCUT2D eigenvalue weighted by Crippen LogP contribution is -2.37. The summed E-state index contributed by atoms with van der Waals surface area (Å²) in [5.41, 5.74) is 1.25. The number of pyridine rings is 1. The number of imidazole rings is 1. The molecule has 2 N–H and O–H groups in total. The summed E-state index contributed by atoms with van der Waals surface area (Å²) >= 11 is 0. The maximum absolute atomic E-state index is 7.00. The zero-order valence-electron chi connectivity index (χ0n) is 12.7. The largest absolute Gasteiger partial charge is 0.400 e. The highest BCUT2D eigenvalue weighted by atomic mass is 16.2. The highest BCUT2D eigenvalue weighted by Crippen LogP contribution is 2.06. The number of nitrogens with one attached hydrogen (secondary N) is 1. The van der Waals surface area contributed by atoms with E-state index < -0.39 is 0 Å². The van der Waals surface area contributed by atoms with Crippen LogP contribution in [0.1, 0.15) is 26.5 Å². The van der Waals surface area contributed by atoms with Gasteiger partial charge in [-0.3, -0.25) is 4.57 Å². The van der Waals surface area contributed by atoms with Gasteiger partial charge in [-0.15, -0.1) is 0 Å². The molecular weight excluding hydrogens is 252 g/mol. The molecule has 2 aromatic rings. The summed E-state index contributed by atoms with van der Waals surface area (Å²) in [4.78, 5) is 8.65. The molecule has 0 fully saturated rings. The Balaban J connectivity index is 0.000000956.